The average Bonchev–Trinajstić information content (AvgIpc) is 4.12. The number of nitrogens with two attached hydrogens (primary N) is 1. The monoisotopic (exact) mass is 1230 g/mol. The number of carbonyl (C=O) groups is 2. The molecular formula is C45H59N10O21P3S2. The molecule has 3 aliphatic rings. The van der Waals surface area contributed by atoms with Crippen LogP contribution in [0.15, 0.2) is 75.4 Å². The quantitative estimate of drug-likeness (QED) is 0.0150. The minimum absolute atomic E-state index is 0.00820. The molecule has 4 heterocycles. The molecule has 442 valence electrons. The molecule has 2 aliphatic heterocycles. The maximum absolute atomic E-state index is 14.2. The number of nitrogens with zero attached hydrogens (tertiary/aromatic N) is 5. The van der Waals surface area contributed by atoms with Gasteiger partial charge in [0.15, 0.2) is 29.0 Å². The predicted molar refractivity (Wildman–Crippen MR) is 284 cm³/mol. The van der Waals surface area contributed by atoms with E-state index in [0.29, 0.717) is 19.3 Å². The molecule has 2 amide bonds. The summed E-state index contributed by atoms with van der Waals surface area (Å²) in [4.78, 5) is 71.7. The first-order valence-electron chi connectivity index (χ1n) is 24.8. The van der Waals surface area contributed by atoms with Crippen LogP contribution in [0.3, 0.4) is 0 Å². The SMILES string of the molecule is CCNc1ccc2c(-c3ccccc3C(=O)N(C)CCCC(=O)NCCCCCCNP(=O)(O)OP(=O)(O)OP(=O)(O)OC[C@H]3O[C@@H](n4cnc5c(N)ncnc54)[C@H](O)[C@@H]3O)c3ccc(=[NH+]CC)c(S(=O)(=O)O)c-3oc2c1S(=O)(=O)[O-]. The highest BCUT2D eigenvalue weighted by Crippen LogP contribution is 2.66. The number of ether oxygens (including phenoxy) is 1. The van der Waals surface area contributed by atoms with E-state index in [1.165, 1.54) is 53.2 Å². The Hall–Kier alpha value is -5.67. The van der Waals surface area contributed by atoms with E-state index < -0.39 is 102 Å². The van der Waals surface area contributed by atoms with Crippen molar-refractivity contribution in [2.75, 3.05) is 57.4 Å². The van der Waals surface area contributed by atoms with Gasteiger partial charge in [0.1, 0.15) is 51.7 Å². The van der Waals surface area contributed by atoms with Crippen molar-refractivity contribution in [1.82, 2.24) is 34.8 Å². The molecule has 36 heteroatoms. The van der Waals surface area contributed by atoms with Gasteiger partial charge in [-0.2, -0.15) is 17.0 Å². The van der Waals surface area contributed by atoms with Crippen molar-refractivity contribution in [3.63, 3.8) is 0 Å². The van der Waals surface area contributed by atoms with E-state index in [1.54, 1.807) is 32.0 Å². The van der Waals surface area contributed by atoms with Crippen LogP contribution in [0, 0.1) is 0 Å². The molecule has 7 rings (SSSR count). The van der Waals surface area contributed by atoms with E-state index in [1.807, 2.05) is 5.09 Å². The molecule has 0 radical (unpaired) electrons. The van der Waals surface area contributed by atoms with Crippen molar-refractivity contribution in [2.24, 2.45) is 0 Å². The number of benzene rings is 3. The first-order chi connectivity index (χ1) is 38.1. The van der Waals surface area contributed by atoms with Crippen LogP contribution in [-0.2, 0) is 56.6 Å². The van der Waals surface area contributed by atoms with Gasteiger partial charge in [-0.3, -0.25) is 23.2 Å². The number of nitrogen functional groups attached to an aromatic ring is 1. The number of amides is 2. The lowest BCUT2D eigenvalue weighted by Crippen LogP contribution is -2.76. The summed E-state index contributed by atoms with van der Waals surface area (Å²) in [7, 11) is -25.4. The van der Waals surface area contributed by atoms with Crippen molar-refractivity contribution in [3.05, 3.63) is 72.1 Å². The molecule has 0 bridgehead atoms. The van der Waals surface area contributed by atoms with Gasteiger partial charge in [-0.25, -0.2) is 47.1 Å². The molecular weight excluding hydrogens is 1170 g/mol. The molecule has 1 aliphatic carbocycles. The Kier molecular flexibility index (Phi) is 20.1. The minimum Gasteiger partial charge on any atom is -0.744 e. The third-order valence-corrected chi connectivity index (χ3v) is 18.7. The molecule has 31 nitrogen and oxygen atoms in total. The number of hydrogen-bond acceptors (Lipinski definition) is 22. The number of unbranched alkanes of at least 4 members (excludes halogenated alkanes) is 3. The van der Waals surface area contributed by atoms with Gasteiger partial charge in [-0.1, -0.05) is 31.0 Å². The maximum atomic E-state index is 14.2. The Bertz CT molecular complexity index is 3740. The second-order valence-electron chi connectivity index (χ2n) is 18.2. The first kappa shape index (κ1) is 62.9. The summed E-state index contributed by atoms with van der Waals surface area (Å²) in [6, 6.07) is 11.9. The van der Waals surface area contributed by atoms with Gasteiger partial charge in [0.2, 0.25) is 16.2 Å². The molecule has 1 saturated heterocycles. The molecule has 12 N–H and O–H groups in total. The standard InChI is InChI=1S/C45H59N10O21P3S2/c1-4-47-30-18-16-28-34(29-17-19-31(48-5-2)41(81(69,70)71)39(29)74-38(28)40(30)80(66,67)68)26-13-8-9-14-27(26)44(59)54(3)22-12-15-33(56)49-20-10-6-7-11-21-53-77(60,61)75-79(64,65)76-78(62,63)72-23-32-36(57)37(58)45(73-32)55-25-52-35-42(46)50-24-51-43(35)55/h8-9,13-14,16-19,24-25,32,36-37,45,47,57-58H,4-7,10-12,15,20-23H2,1-3H3,(H,49,56)(H,62,63)(H,64,65)(H2,46,50,51)(H2,53,60,61)(H,66,67,68)(H,69,70,71)/t32-,36-,37-,45-/m1/s1. The Morgan fingerprint density at radius 1 is 0.889 bits per heavy atom. The van der Waals surface area contributed by atoms with Crippen LogP contribution in [-0.4, -0.2) is 152 Å². The Labute approximate surface area is 462 Å². The smallest absolute Gasteiger partial charge is 0.489 e. The average molecular weight is 1230 g/mol. The topological polar surface area (TPSA) is 471 Å². The van der Waals surface area contributed by atoms with Gasteiger partial charge >= 0.3 is 33.5 Å². The summed E-state index contributed by atoms with van der Waals surface area (Å²) in [6.45, 7) is 2.82. The van der Waals surface area contributed by atoms with Crippen LogP contribution < -0.4 is 31.8 Å². The third-order valence-electron chi connectivity index (χ3n) is 12.4. The number of nitrogens with one attached hydrogen (secondary N) is 4. The van der Waals surface area contributed by atoms with E-state index in [-0.39, 0.29) is 114 Å². The van der Waals surface area contributed by atoms with Crippen molar-refractivity contribution >= 4 is 89.1 Å². The second kappa shape index (κ2) is 25.9. The highest BCUT2D eigenvalue weighted by atomic mass is 32.2. The van der Waals surface area contributed by atoms with Crippen molar-refractivity contribution in [1.29, 1.82) is 0 Å². The summed E-state index contributed by atoms with van der Waals surface area (Å²) in [6.07, 6.45) is -2.06. The number of phosphoric ester groups is 1. The number of rotatable bonds is 27. The fraction of sp³-hybridized carbons (Fsp3) is 0.422. The number of fused-ring (bicyclic) bond motifs is 3. The van der Waals surface area contributed by atoms with Gasteiger partial charge in [0.25, 0.3) is 5.91 Å². The molecule has 3 unspecified atom stereocenters. The lowest BCUT2D eigenvalue weighted by atomic mass is 9.90. The lowest BCUT2D eigenvalue weighted by Gasteiger charge is -2.23. The number of carbonyl (C=O) groups excluding carboxylic acids is 2. The number of imidazole rings is 1. The highest BCUT2D eigenvalue weighted by molar-refractivity contribution is 7.86. The summed E-state index contributed by atoms with van der Waals surface area (Å²) >= 11 is 0. The molecule has 2 aromatic carbocycles. The van der Waals surface area contributed by atoms with Crippen LogP contribution in [0.25, 0.3) is 44.6 Å². The van der Waals surface area contributed by atoms with E-state index in [2.05, 4.69) is 43.7 Å². The normalized spacial score (nSPS) is 19.4. The number of hydrogen-bond donors (Lipinski definition) is 11. The minimum atomic E-state index is -5.78. The van der Waals surface area contributed by atoms with E-state index in [4.69, 9.17) is 14.9 Å². The Morgan fingerprint density at radius 2 is 1.60 bits per heavy atom. The van der Waals surface area contributed by atoms with Crippen molar-refractivity contribution in [2.45, 2.75) is 86.7 Å². The maximum Gasteiger partial charge on any atom is 0.489 e. The van der Waals surface area contributed by atoms with Gasteiger partial charge in [0.05, 0.1) is 18.6 Å². The molecule has 0 saturated carbocycles. The fourth-order valence-corrected chi connectivity index (χ4v) is 14.2. The zero-order valence-corrected chi connectivity index (χ0v) is 47.7. The number of aromatic nitrogens is 4. The van der Waals surface area contributed by atoms with Crippen LogP contribution in [0.2, 0.25) is 0 Å². The molecule has 4 aromatic rings. The number of aliphatic hydroxyl groups excluding tert-OH is 2. The van der Waals surface area contributed by atoms with E-state index >= 15 is 0 Å². The third kappa shape index (κ3) is 15.1. The largest absolute Gasteiger partial charge is 0.744 e. The number of anilines is 2. The number of phosphoric acid groups is 2. The van der Waals surface area contributed by atoms with Gasteiger partial charge < -0.3 is 59.9 Å². The fourth-order valence-electron chi connectivity index (χ4n) is 8.89. The summed E-state index contributed by atoms with van der Waals surface area (Å²) in [5.41, 5.74) is 5.84. The van der Waals surface area contributed by atoms with Crippen LogP contribution in [0.4, 0.5) is 11.5 Å². The van der Waals surface area contributed by atoms with Gasteiger partial charge in [-0.15, -0.1) is 0 Å². The molecule has 2 aromatic heterocycles. The highest BCUT2D eigenvalue weighted by Gasteiger charge is 2.47. The van der Waals surface area contributed by atoms with Gasteiger partial charge in [-0.05, 0) is 62.9 Å². The van der Waals surface area contributed by atoms with E-state index in [9.17, 15) is 74.1 Å². The Morgan fingerprint density at radius 3 is 2.30 bits per heavy atom. The summed E-state index contributed by atoms with van der Waals surface area (Å²) < 4.78 is 139. The lowest BCUT2D eigenvalue weighted by molar-refractivity contribution is -0.498. The molecule has 7 atom stereocenters. The molecule has 81 heavy (non-hydrogen) atoms. The summed E-state index contributed by atoms with van der Waals surface area (Å²) in [5.74, 6) is -1.35. The second-order valence-corrected chi connectivity index (χ2v) is 25.7. The number of aliphatic hydroxyl groups is 2. The van der Waals surface area contributed by atoms with E-state index in [0.717, 1.165) is 6.33 Å². The zero-order chi connectivity index (χ0) is 59.2. The zero-order valence-electron chi connectivity index (χ0n) is 43.3. The Balaban J connectivity index is 0.867. The summed E-state index contributed by atoms with van der Waals surface area (Å²) in [5, 5.41) is 28.7. The van der Waals surface area contributed by atoms with Crippen LogP contribution in [0.5, 0.6) is 0 Å². The van der Waals surface area contributed by atoms with Crippen LogP contribution >= 0.6 is 23.4 Å². The predicted octanol–water partition coefficient (Wildman–Crippen LogP) is 1.30. The first-order valence-corrected chi connectivity index (χ1v) is 32.2. The van der Waals surface area contributed by atoms with Gasteiger partial charge in [0, 0.05) is 67.8 Å². The molecule has 1 fully saturated rings. The van der Waals surface area contributed by atoms with Crippen molar-refractivity contribution < 1.29 is 101 Å². The van der Waals surface area contributed by atoms with Crippen LogP contribution in [0.1, 0.15) is 69.0 Å². The molecule has 0 spiro atoms. The van der Waals surface area contributed by atoms with Crippen molar-refractivity contribution in [3.8, 4) is 22.5 Å².